The molecule has 0 spiro atoms. The lowest BCUT2D eigenvalue weighted by Crippen LogP contribution is -2.56. The summed E-state index contributed by atoms with van der Waals surface area (Å²) in [6, 6.07) is 14.7. The number of hydrogen-bond donors (Lipinski definition) is 2. The maximum absolute atomic E-state index is 17.4. The van der Waals surface area contributed by atoms with Crippen LogP contribution in [0.2, 0.25) is 5.02 Å². The minimum atomic E-state index is -1.95. The van der Waals surface area contributed by atoms with Crippen molar-refractivity contribution in [1.82, 2.24) is 29.3 Å². The number of benzene rings is 3. The van der Waals surface area contributed by atoms with Crippen LogP contribution in [0.5, 0.6) is 11.8 Å². The predicted molar refractivity (Wildman–Crippen MR) is 287 cm³/mol. The van der Waals surface area contributed by atoms with Crippen LogP contribution in [0, 0.1) is 34.3 Å². The van der Waals surface area contributed by atoms with Crippen LogP contribution in [0.3, 0.4) is 0 Å². The van der Waals surface area contributed by atoms with E-state index in [9.17, 15) is 30.0 Å². The largest absolute Gasteiger partial charge is 0.486 e. The van der Waals surface area contributed by atoms with Gasteiger partial charge in [-0.2, -0.15) is 20.5 Å². The molecule has 2 fully saturated rings. The molecule has 1 unspecified atom stereocenters. The van der Waals surface area contributed by atoms with E-state index in [1.54, 1.807) is 41.5 Å². The highest BCUT2D eigenvalue weighted by Crippen LogP contribution is 2.47. The number of anilines is 2. The maximum Gasteiger partial charge on any atom is 0.343 e. The SMILES string of the molecule is C=C(C(=O)N1CCN(c2nc(OC[C@@H]3CCCN3C)nc3c(F)c(-c4ccc(F)c5sc(N)c(C#N)c45)c(Cl)cc23)C[C@@H]1CC#N)C(C)Oc1ccc2nc3c(c(CC)c2c1)Cn1c-3cc2c(c1=O)COC(=O)[C@]2(O)CC. The van der Waals surface area contributed by atoms with Gasteiger partial charge >= 0.3 is 12.0 Å². The van der Waals surface area contributed by atoms with Crippen molar-refractivity contribution in [2.75, 3.05) is 50.5 Å². The molecule has 0 saturated carbocycles. The Morgan fingerprint density at radius 1 is 1.08 bits per heavy atom. The number of cyclic esters (lactones) is 1. The molecule has 7 aromatic rings. The molecule has 0 aliphatic carbocycles. The van der Waals surface area contributed by atoms with E-state index < -0.39 is 41.3 Å². The summed E-state index contributed by atoms with van der Waals surface area (Å²) < 4.78 is 52.1. The minimum absolute atomic E-state index is 0.000172. The number of pyridine rings is 2. The van der Waals surface area contributed by atoms with E-state index >= 15 is 8.78 Å². The van der Waals surface area contributed by atoms with Crippen molar-refractivity contribution >= 4 is 77.5 Å². The highest BCUT2D eigenvalue weighted by Gasteiger charge is 2.46. The van der Waals surface area contributed by atoms with E-state index in [1.807, 2.05) is 31.0 Å². The zero-order valence-corrected chi connectivity index (χ0v) is 44.1. The summed E-state index contributed by atoms with van der Waals surface area (Å²) in [5.74, 6) is -1.99. The zero-order valence-electron chi connectivity index (χ0n) is 42.5. The molecular weight excluding hydrogens is 1030 g/mol. The van der Waals surface area contributed by atoms with Gasteiger partial charge in [0.15, 0.2) is 11.4 Å². The summed E-state index contributed by atoms with van der Waals surface area (Å²) in [4.78, 5) is 61.1. The van der Waals surface area contributed by atoms with Crippen molar-refractivity contribution in [2.24, 2.45) is 0 Å². The summed E-state index contributed by atoms with van der Waals surface area (Å²) in [5.41, 5.74) is 7.84. The lowest BCUT2D eigenvalue weighted by atomic mass is 9.86. The Kier molecular flexibility index (Phi) is 13.1. The van der Waals surface area contributed by atoms with Gasteiger partial charge in [0.05, 0.1) is 62.8 Å². The highest BCUT2D eigenvalue weighted by molar-refractivity contribution is 7.23. The molecule has 4 aromatic heterocycles. The van der Waals surface area contributed by atoms with Gasteiger partial charge in [0.25, 0.3) is 11.5 Å². The molecule has 3 aromatic carbocycles. The molecular formula is C56H51ClF2N10O7S. The average molecular weight is 1080 g/mol. The molecule has 4 aliphatic rings. The van der Waals surface area contributed by atoms with Crippen LogP contribution in [-0.2, 0) is 39.5 Å². The van der Waals surface area contributed by atoms with Gasteiger partial charge in [-0.1, -0.05) is 38.1 Å². The molecule has 3 N–H and O–H groups in total. The number of fused-ring (bicyclic) bond motifs is 7. The summed E-state index contributed by atoms with van der Waals surface area (Å²) >= 11 is 7.87. The number of piperazine rings is 1. The fourth-order valence-electron chi connectivity index (χ4n) is 11.4. The highest BCUT2D eigenvalue weighted by atomic mass is 35.5. The van der Waals surface area contributed by atoms with Gasteiger partial charge < -0.3 is 44.3 Å². The third-order valence-corrected chi connectivity index (χ3v) is 17.0. The molecule has 0 bridgehead atoms. The van der Waals surface area contributed by atoms with E-state index in [0.717, 1.165) is 47.2 Å². The van der Waals surface area contributed by atoms with E-state index in [4.69, 9.17) is 41.5 Å². The number of likely N-dealkylation sites (N-methyl/N-ethyl adjacent to an activating group) is 1. The van der Waals surface area contributed by atoms with E-state index in [-0.39, 0.29) is 140 Å². The van der Waals surface area contributed by atoms with Gasteiger partial charge in [-0.25, -0.2) is 18.6 Å². The number of nitrogen functional groups attached to an aromatic ring is 1. The Morgan fingerprint density at radius 3 is 2.61 bits per heavy atom. The molecule has 0 radical (unpaired) electrons. The first-order valence-corrected chi connectivity index (χ1v) is 26.5. The fourth-order valence-corrected chi connectivity index (χ4v) is 12.7. The standard InChI is InChI=1S/C56H51ClF2N10O7S/c1-6-32-34-19-31(10-13-42(34)63-47-37(32)24-69-43(47)21-39-38(53(69)71)26-74-54(72)56(39,73)7-2)76-28(4)27(3)52(70)68-18-17-67(23-29(68)14-15-60)51-35-20-40(57)45(33-11-12-41(58)49-44(33)36(22-61)50(62)77-49)46(59)48(35)64-55(65-51)75-25-30-9-8-16-66(30)5/h10-13,19-21,28-30,73H,3,6-9,14,16-18,23-26,62H2,1-2,4-5H3/t28?,29-,30-,56-/m0/s1. The first-order valence-electron chi connectivity index (χ1n) is 25.3. The monoisotopic (exact) mass is 1080 g/mol. The number of carbonyl (C=O) groups excluding carboxylic acids is 2. The summed E-state index contributed by atoms with van der Waals surface area (Å²) in [6.07, 6.45) is 1.58. The van der Waals surface area contributed by atoms with E-state index in [2.05, 4.69) is 22.5 Å². The van der Waals surface area contributed by atoms with E-state index in [0.29, 0.717) is 29.1 Å². The van der Waals surface area contributed by atoms with Crippen molar-refractivity contribution in [2.45, 2.75) is 89.8 Å². The number of aryl methyl sites for hydroxylation is 1. The summed E-state index contributed by atoms with van der Waals surface area (Å²) in [6.45, 7) is 11.1. The zero-order chi connectivity index (χ0) is 54.4. The first-order chi connectivity index (χ1) is 37.0. The Morgan fingerprint density at radius 2 is 1.88 bits per heavy atom. The number of nitrogens with zero attached hydrogens (tertiary/aromatic N) is 9. The van der Waals surface area contributed by atoms with Crippen LogP contribution in [0.15, 0.2) is 59.4 Å². The summed E-state index contributed by atoms with van der Waals surface area (Å²) in [7, 11) is 2.00. The topological polar surface area (TPSA) is 226 Å². The number of likely N-dealkylation sites (tertiary alicyclic amines) is 1. The lowest BCUT2D eigenvalue weighted by molar-refractivity contribution is -0.172. The van der Waals surface area contributed by atoms with Crippen molar-refractivity contribution < 1.29 is 37.7 Å². The number of amides is 1. The number of nitrogens with two attached hydrogens (primary N) is 1. The normalized spacial score (nSPS) is 19.4. The lowest BCUT2D eigenvalue weighted by Gasteiger charge is -2.42. The van der Waals surface area contributed by atoms with Gasteiger partial charge in [-0.05, 0) is 93.7 Å². The van der Waals surface area contributed by atoms with Crippen molar-refractivity contribution in [3.05, 3.63) is 109 Å². The molecule has 394 valence electrons. The number of aliphatic hydroxyl groups is 1. The smallest absolute Gasteiger partial charge is 0.343 e. The number of ether oxygens (including phenoxy) is 3. The average Bonchev–Trinajstić information content (AvgIpc) is 4.35. The number of halogens is 3. The Hall–Kier alpha value is -7.75. The number of thiophene rings is 1. The molecule has 17 nitrogen and oxygen atoms in total. The number of esters is 1. The van der Waals surface area contributed by atoms with Crippen molar-refractivity contribution in [3.63, 3.8) is 0 Å². The summed E-state index contributed by atoms with van der Waals surface area (Å²) in [5, 5.41) is 32.7. The Balaban J connectivity index is 0.869. The predicted octanol–water partition coefficient (Wildman–Crippen LogP) is 8.28. The number of carbonyl (C=O) groups is 2. The third kappa shape index (κ3) is 8.36. The van der Waals surface area contributed by atoms with Crippen LogP contribution < -0.4 is 25.7 Å². The third-order valence-electron chi connectivity index (χ3n) is 15.7. The van der Waals surface area contributed by atoms with Crippen molar-refractivity contribution in [3.8, 4) is 46.4 Å². The molecule has 11 rings (SSSR count). The van der Waals surface area contributed by atoms with Crippen LogP contribution in [-0.4, -0.2) is 104 Å². The molecule has 8 heterocycles. The molecule has 1 amide bonds. The van der Waals surface area contributed by atoms with Gasteiger partial charge in [0.2, 0.25) is 0 Å². The van der Waals surface area contributed by atoms with Gasteiger partial charge in [0.1, 0.15) is 53.3 Å². The van der Waals surface area contributed by atoms with Gasteiger partial charge in [-0.3, -0.25) is 9.59 Å². The second kappa shape index (κ2) is 19.7. The quantitative estimate of drug-likeness (QED) is 0.0867. The number of rotatable bonds is 12. The van der Waals surface area contributed by atoms with Gasteiger partial charge in [-0.15, -0.1) is 11.3 Å². The van der Waals surface area contributed by atoms with Crippen LogP contribution in [0.1, 0.15) is 74.3 Å². The number of hydrogen-bond acceptors (Lipinski definition) is 16. The first kappa shape index (κ1) is 51.4. The fraction of sp³-hybridized carbons (Fsp3) is 0.357. The van der Waals surface area contributed by atoms with Crippen LogP contribution in [0.25, 0.3) is 54.4 Å². The molecule has 21 heteroatoms. The maximum atomic E-state index is 17.4. The minimum Gasteiger partial charge on any atom is -0.486 e. The van der Waals surface area contributed by atoms with Gasteiger partial charge in [0, 0.05) is 64.1 Å². The second-order valence-electron chi connectivity index (χ2n) is 19.9. The van der Waals surface area contributed by atoms with Crippen molar-refractivity contribution in [1.29, 1.82) is 10.5 Å². The van der Waals surface area contributed by atoms with Crippen LogP contribution in [0.4, 0.5) is 19.6 Å². The molecule has 4 atom stereocenters. The second-order valence-corrected chi connectivity index (χ2v) is 21.4. The molecule has 77 heavy (non-hydrogen) atoms. The number of nitriles is 2. The Labute approximate surface area is 449 Å². The molecule has 2 saturated heterocycles. The van der Waals surface area contributed by atoms with Crippen LogP contribution >= 0.6 is 22.9 Å². The van der Waals surface area contributed by atoms with E-state index in [1.165, 1.54) is 18.2 Å². The molecule has 4 aliphatic heterocycles. The Bertz CT molecular complexity index is 3860. The number of aromatic nitrogens is 4.